The lowest BCUT2D eigenvalue weighted by Gasteiger charge is -2.21. The van der Waals surface area contributed by atoms with Crippen LogP contribution in [0, 0.1) is 0 Å². The maximum atomic E-state index is 12.0. The molecular weight excluding hydrogens is 328 g/mol. The number of H-pyrrole nitrogens is 1. The van der Waals surface area contributed by atoms with Crippen molar-refractivity contribution in [1.29, 1.82) is 0 Å². The second-order valence-electron chi connectivity index (χ2n) is 5.02. The van der Waals surface area contributed by atoms with Crippen molar-refractivity contribution in [2.24, 2.45) is 5.73 Å². The molecule has 0 aromatic carbocycles. The molecule has 1 saturated heterocycles. The smallest absolute Gasteiger partial charge is 0.326 e. The quantitative estimate of drug-likeness (QED) is 0.489. The van der Waals surface area contributed by atoms with Gasteiger partial charge >= 0.3 is 5.97 Å². The number of sulfonamides is 1. The van der Waals surface area contributed by atoms with Gasteiger partial charge in [-0.15, -0.1) is 0 Å². The van der Waals surface area contributed by atoms with Crippen LogP contribution in [0.2, 0.25) is 0 Å². The van der Waals surface area contributed by atoms with Gasteiger partial charge in [0.1, 0.15) is 16.6 Å². The lowest BCUT2D eigenvalue weighted by molar-refractivity contribution is -0.147. The van der Waals surface area contributed by atoms with Crippen molar-refractivity contribution >= 4 is 27.8 Å². The Balaban J connectivity index is 2.02. The predicted octanol–water partition coefficient (Wildman–Crippen LogP) is -1.53. The molecule has 2 rings (SSSR count). The molecule has 23 heavy (non-hydrogen) atoms. The molecule has 1 aromatic rings. The maximum absolute atomic E-state index is 12.0. The highest BCUT2D eigenvalue weighted by molar-refractivity contribution is 7.89. The molecule has 11 heteroatoms. The fourth-order valence-corrected chi connectivity index (χ4v) is 3.30. The summed E-state index contributed by atoms with van der Waals surface area (Å²) in [6, 6.07) is 0.117. The second kappa shape index (κ2) is 6.38. The molecule has 0 saturated carbocycles. The number of amides is 2. The normalized spacial score (nSPS) is 18.1. The van der Waals surface area contributed by atoms with E-state index in [9.17, 15) is 22.8 Å². The van der Waals surface area contributed by atoms with Gasteiger partial charge in [-0.25, -0.2) is 17.9 Å². The molecule has 0 bridgehead atoms. The van der Waals surface area contributed by atoms with E-state index in [1.54, 1.807) is 0 Å². The van der Waals surface area contributed by atoms with Crippen LogP contribution in [0.1, 0.15) is 23.3 Å². The number of aliphatic carboxylic acids is 1. The Labute approximate surface area is 131 Å². The van der Waals surface area contributed by atoms with E-state index in [2.05, 4.69) is 9.71 Å². The minimum Gasteiger partial charge on any atom is -0.480 e. The minimum absolute atomic E-state index is 0.0813. The summed E-state index contributed by atoms with van der Waals surface area (Å²) in [7, 11) is -4.02. The standard InChI is InChI=1S/C12H16N4O6S/c13-11(18)8-4-7(5-14-8)23(21,22)15-6-10(17)16-3-1-2-9(16)12(19)20/h4-5,9,14-15H,1-3,6H2,(H2,13,18)(H,19,20)/t9-/m1/s1. The zero-order valence-electron chi connectivity index (χ0n) is 12.0. The lowest BCUT2D eigenvalue weighted by atomic mass is 10.2. The number of nitrogens with zero attached hydrogens (tertiary/aromatic N) is 1. The highest BCUT2D eigenvalue weighted by Gasteiger charge is 2.34. The average Bonchev–Trinajstić information content (AvgIpc) is 3.13. The molecule has 5 N–H and O–H groups in total. The second-order valence-corrected chi connectivity index (χ2v) is 6.79. The molecule has 1 aliphatic rings. The molecule has 1 aliphatic heterocycles. The van der Waals surface area contributed by atoms with Crippen molar-refractivity contribution in [3.05, 3.63) is 18.0 Å². The number of nitrogens with one attached hydrogen (secondary N) is 2. The molecule has 0 spiro atoms. The third-order valence-corrected chi connectivity index (χ3v) is 4.88. The minimum atomic E-state index is -4.02. The van der Waals surface area contributed by atoms with Crippen LogP contribution in [-0.2, 0) is 19.6 Å². The Morgan fingerprint density at radius 3 is 2.70 bits per heavy atom. The topological polar surface area (TPSA) is 163 Å². The first-order valence-corrected chi connectivity index (χ1v) is 8.21. The molecule has 2 heterocycles. The van der Waals surface area contributed by atoms with Crippen LogP contribution in [0.3, 0.4) is 0 Å². The molecule has 0 radical (unpaired) electrons. The zero-order valence-corrected chi connectivity index (χ0v) is 12.8. The lowest BCUT2D eigenvalue weighted by Crippen LogP contribution is -2.45. The summed E-state index contributed by atoms with van der Waals surface area (Å²) in [5.74, 6) is -2.55. The van der Waals surface area contributed by atoms with Crippen LogP contribution in [0.5, 0.6) is 0 Å². The number of aromatic amines is 1. The van der Waals surface area contributed by atoms with E-state index in [0.29, 0.717) is 12.8 Å². The summed E-state index contributed by atoms with van der Waals surface area (Å²) in [6.07, 6.45) is 1.96. The summed E-state index contributed by atoms with van der Waals surface area (Å²) >= 11 is 0. The monoisotopic (exact) mass is 344 g/mol. The molecule has 10 nitrogen and oxygen atoms in total. The van der Waals surface area contributed by atoms with Gasteiger partial charge in [0.25, 0.3) is 5.91 Å². The number of carboxylic acids is 1. The van der Waals surface area contributed by atoms with E-state index < -0.39 is 40.4 Å². The summed E-state index contributed by atoms with van der Waals surface area (Å²) in [5, 5.41) is 9.01. The number of nitrogens with two attached hydrogens (primary N) is 1. The first-order chi connectivity index (χ1) is 10.7. The van der Waals surface area contributed by atoms with Gasteiger partial charge in [-0.05, 0) is 18.9 Å². The molecule has 126 valence electrons. The number of carbonyl (C=O) groups excluding carboxylic acids is 2. The predicted molar refractivity (Wildman–Crippen MR) is 76.9 cm³/mol. The van der Waals surface area contributed by atoms with Crippen molar-refractivity contribution in [1.82, 2.24) is 14.6 Å². The molecule has 0 unspecified atom stereocenters. The Bertz CT molecular complexity index is 740. The molecule has 2 amide bonds. The first-order valence-electron chi connectivity index (χ1n) is 6.72. The number of aromatic nitrogens is 1. The largest absolute Gasteiger partial charge is 0.480 e. The van der Waals surface area contributed by atoms with Crippen LogP contribution in [-0.4, -0.2) is 60.3 Å². The van der Waals surface area contributed by atoms with Crippen molar-refractivity contribution in [2.45, 2.75) is 23.8 Å². The van der Waals surface area contributed by atoms with Crippen molar-refractivity contribution < 1.29 is 27.9 Å². The average molecular weight is 344 g/mol. The molecule has 1 fully saturated rings. The Morgan fingerprint density at radius 2 is 2.13 bits per heavy atom. The van der Waals surface area contributed by atoms with Crippen LogP contribution in [0.15, 0.2) is 17.2 Å². The van der Waals surface area contributed by atoms with Gasteiger partial charge in [0.15, 0.2) is 0 Å². The summed E-state index contributed by atoms with van der Waals surface area (Å²) in [6.45, 7) is -0.295. The van der Waals surface area contributed by atoms with Gasteiger partial charge in [-0.1, -0.05) is 0 Å². The third-order valence-electron chi connectivity index (χ3n) is 3.50. The van der Waals surface area contributed by atoms with Crippen LogP contribution < -0.4 is 10.5 Å². The molecular formula is C12H16N4O6S. The fraction of sp³-hybridized carbons (Fsp3) is 0.417. The van der Waals surface area contributed by atoms with Gasteiger partial charge in [0.2, 0.25) is 15.9 Å². The van der Waals surface area contributed by atoms with E-state index >= 15 is 0 Å². The van der Waals surface area contributed by atoms with Gasteiger partial charge in [-0.3, -0.25) is 9.59 Å². The zero-order chi connectivity index (χ0) is 17.2. The highest BCUT2D eigenvalue weighted by atomic mass is 32.2. The SMILES string of the molecule is NC(=O)c1cc(S(=O)(=O)NCC(=O)N2CCC[C@@H]2C(=O)O)c[nH]1. The van der Waals surface area contributed by atoms with Gasteiger partial charge in [0.05, 0.1) is 6.54 Å². The Kier molecular flexibility index (Phi) is 4.71. The summed E-state index contributed by atoms with van der Waals surface area (Å²) in [4.78, 5) is 37.3. The Hall–Kier alpha value is -2.40. The van der Waals surface area contributed by atoms with E-state index in [4.69, 9.17) is 10.8 Å². The van der Waals surface area contributed by atoms with Crippen molar-refractivity contribution in [3.63, 3.8) is 0 Å². The number of hydrogen-bond donors (Lipinski definition) is 4. The third kappa shape index (κ3) is 3.68. The number of hydrogen-bond acceptors (Lipinski definition) is 5. The summed E-state index contributed by atoms with van der Waals surface area (Å²) < 4.78 is 26.1. The maximum Gasteiger partial charge on any atom is 0.326 e. The van der Waals surface area contributed by atoms with E-state index in [1.165, 1.54) is 0 Å². The van der Waals surface area contributed by atoms with Gasteiger partial charge < -0.3 is 20.7 Å². The molecule has 1 aromatic heterocycles. The number of likely N-dealkylation sites (tertiary alicyclic amines) is 1. The van der Waals surface area contributed by atoms with Gasteiger partial charge in [0, 0.05) is 12.7 Å². The molecule has 1 atom stereocenters. The first kappa shape index (κ1) is 17.0. The fourth-order valence-electron chi connectivity index (χ4n) is 2.34. The number of carbonyl (C=O) groups is 3. The van der Waals surface area contributed by atoms with Crippen LogP contribution in [0.25, 0.3) is 0 Å². The van der Waals surface area contributed by atoms with E-state index in [0.717, 1.165) is 17.2 Å². The van der Waals surface area contributed by atoms with E-state index in [1.807, 2.05) is 0 Å². The number of primary amides is 1. The van der Waals surface area contributed by atoms with Crippen LogP contribution in [0.4, 0.5) is 0 Å². The number of rotatable bonds is 6. The highest BCUT2D eigenvalue weighted by Crippen LogP contribution is 2.17. The Morgan fingerprint density at radius 1 is 1.43 bits per heavy atom. The van der Waals surface area contributed by atoms with Gasteiger partial charge in [-0.2, -0.15) is 0 Å². The van der Waals surface area contributed by atoms with E-state index in [-0.39, 0.29) is 17.1 Å². The summed E-state index contributed by atoms with van der Waals surface area (Å²) in [5.41, 5.74) is 4.94. The van der Waals surface area contributed by atoms with Crippen molar-refractivity contribution in [2.75, 3.05) is 13.1 Å². The molecule has 0 aliphatic carbocycles. The van der Waals surface area contributed by atoms with Crippen LogP contribution >= 0.6 is 0 Å². The van der Waals surface area contributed by atoms with Crippen molar-refractivity contribution in [3.8, 4) is 0 Å². The number of carboxylic acid groups (broad SMARTS) is 1.